The number of anilines is 2. The smallest absolute Gasteiger partial charge is 0.392 e. The molecule has 7 atom stereocenters. The van der Waals surface area contributed by atoms with Crippen molar-refractivity contribution in [2.24, 2.45) is 0 Å². The number of halogens is 2. The summed E-state index contributed by atoms with van der Waals surface area (Å²) >= 11 is 0. The van der Waals surface area contributed by atoms with E-state index in [1.165, 1.54) is 21.8 Å². The van der Waals surface area contributed by atoms with E-state index in [1.54, 1.807) is 0 Å². The second kappa shape index (κ2) is 13.1. The lowest BCUT2D eigenvalue weighted by Gasteiger charge is -2.23. The van der Waals surface area contributed by atoms with E-state index in [0.717, 1.165) is 0 Å². The molecule has 0 saturated carbocycles. The van der Waals surface area contributed by atoms with Crippen LogP contribution in [0.15, 0.2) is 12.7 Å². The van der Waals surface area contributed by atoms with Crippen LogP contribution in [0.2, 0.25) is 0 Å². The normalized spacial score (nSPS) is 27.4. The Kier molecular flexibility index (Phi) is 9.78. The van der Waals surface area contributed by atoms with E-state index in [9.17, 15) is 28.7 Å². The van der Waals surface area contributed by atoms with Gasteiger partial charge in [0.25, 0.3) is 0 Å². The predicted octanol–water partition coefficient (Wildman–Crippen LogP) is -0.306. The minimum Gasteiger partial charge on any atom is -0.392 e. The van der Waals surface area contributed by atoms with Crippen LogP contribution in [0.25, 0.3) is 22.3 Å². The molecule has 2 saturated heterocycles. The molecule has 8 N–H and O–H groups in total. The highest BCUT2D eigenvalue weighted by Gasteiger charge is 2.50. The Balaban J connectivity index is 0.000000206. The maximum Gasteiger partial charge on any atom is 0.694 e. The van der Waals surface area contributed by atoms with Gasteiger partial charge in [0.2, 0.25) is 0 Å². The Bertz CT molecular complexity index is 1860. The summed E-state index contributed by atoms with van der Waals surface area (Å²) in [4.78, 5) is 30.8. The van der Waals surface area contributed by atoms with Crippen molar-refractivity contribution in [3.8, 4) is 24.7 Å². The van der Waals surface area contributed by atoms with Crippen molar-refractivity contribution in [2.45, 2.75) is 56.1 Å². The molecule has 0 aromatic carbocycles. The van der Waals surface area contributed by atoms with Crippen molar-refractivity contribution in [1.82, 2.24) is 39.0 Å². The molecule has 2 aliphatic rings. The van der Waals surface area contributed by atoms with E-state index in [1.807, 2.05) is 0 Å². The van der Waals surface area contributed by atoms with Crippen LogP contribution < -0.4 is 11.5 Å². The highest BCUT2D eigenvalue weighted by molar-refractivity contribution is 7.32. The second-order valence-electron chi connectivity index (χ2n) is 9.79. The Morgan fingerprint density at radius 1 is 0.935 bits per heavy atom. The van der Waals surface area contributed by atoms with E-state index in [-0.39, 0.29) is 54.2 Å². The van der Waals surface area contributed by atoms with E-state index in [2.05, 4.69) is 46.3 Å². The number of rotatable bonds is 6. The van der Waals surface area contributed by atoms with E-state index in [0.29, 0.717) is 0 Å². The third-order valence-electron chi connectivity index (χ3n) is 7.19. The standard InChI is InChI=1S/C12H11FN5O5P.C12H12FN5O3.CH4/c1-2-12(4-22-24(20)21)6(19)3-7(23-12)18-5-15-8-9(14)16-11(13)17-10(8)18;1-2-12(4-19)6(20)3-7(21-12)18-5-15-8-9(14)16-11(13)17-10(8)18;/h1,5-7,19H,3-4H2,(H2-,14,16,17,20,21);1,5-7,19-20H,3-4H2,(H2,14,16,17);1H4/p+1/t2*6-,7-,12-;/m11./s1. The number of imidazole rings is 2. The Morgan fingerprint density at radius 2 is 1.37 bits per heavy atom. The first-order valence-corrected chi connectivity index (χ1v) is 13.9. The lowest BCUT2D eigenvalue weighted by atomic mass is 9.99. The van der Waals surface area contributed by atoms with Gasteiger partial charge in [0.05, 0.1) is 19.3 Å². The molecule has 6 rings (SSSR count). The fourth-order valence-electron chi connectivity index (χ4n) is 4.86. The van der Waals surface area contributed by atoms with Gasteiger partial charge in [-0.05, 0) is 0 Å². The zero-order valence-corrected chi connectivity index (χ0v) is 23.7. The van der Waals surface area contributed by atoms with Crippen LogP contribution in [0, 0.1) is 36.8 Å². The van der Waals surface area contributed by atoms with Crippen LogP contribution in [0.4, 0.5) is 20.4 Å². The number of ether oxygens (including phenoxy) is 2. The van der Waals surface area contributed by atoms with Gasteiger partial charge in [0, 0.05) is 17.4 Å². The molecule has 4 aromatic rings. The Labute approximate surface area is 259 Å². The molecule has 0 spiro atoms. The van der Waals surface area contributed by atoms with Crippen molar-refractivity contribution in [1.29, 1.82) is 0 Å². The quantitative estimate of drug-likeness (QED) is 0.0876. The molecule has 0 bridgehead atoms. The number of nitrogen functional groups attached to an aromatic ring is 2. The average Bonchev–Trinajstić information content (AvgIpc) is 3.76. The van der Waals surface area contributed by atoms with Gasteiger partial charge in [-0.1, -0.05) is 19.3 Å². The molecule has 6 heterocycles. The highest BCUT2D eigenvalue weighted by Crippen LogP contribution is 2.40. The van der Waals surface area contributed by atoms with Gasteiger partial charge in [-0.25, -0.2) is 9.97 Å². The number of nitrogens with two attached hydrogens (primary N) is 2. The van der Waals surface area contributed by atoms with Crippen molar-refractivity contribution in [3.63, 3.8) is 0 Å². The summed E-state index contributed by atoms with van der Waals surface area (Å²) < 4.78 is 55.9. The van der Waals surface area contributed by atoms with Crippen LogP contribution in [0.5, 0.6) is 0 Å². The summed E-state index contributed by atoms with van der Waals surface area (Å²) in [5.41, 5.74) is 8.61. The molecule has 4 aromatic heterocycles. The van der Waals surface area contributed by atoms with Crippen molar-refractivity contribution >= 4 is 42.2 Å². The maximum atomic E-state index is 13.4. The molecule has 1 unspecified atom stereocenters. The molecule has 21 heteroatoms. The minimum absolute atomic E-state index is 0. The average molecular weight is 666 g/mol. The number of terminal acetylenes is 2. The molecule has 2 fully saturated rings. The molecule has 18 nitrogen and oxygen atoms in total. The molecule has 2 aliphatic heterocycles. The van der Waals surface area contributed by atoms with Crippen molar-refractivity contribution in [3.05, 3.63) is 24.8 Å². The first kappa shape index (κ1) is 34.4. The molecule has 0 radical (unpaired) electrons. The number of hydrogen-bond acceptors (Lipinski definition) is 15. The molecular weight excluding hydrogens is 637 g/mol. The third kappa shape index (κ3) is 6.03. The molecule has 244 valence electrons. The highest BCUT2D eigenvalue weighted by atomic mass is 31.1. The van der Waals surface area contributed by atoms with Gasteiger partial charge in [-0.15, -0.1) is 22.3 Å². The lowest BCUT2D eigenvalue weighted by molar-refractivity contribution is -0.0891. The number of hydrogen-bond donors (Lipinski definition) is 6. The number of fused-ring (bicyclic) bond motifs is 2. The van der Waals surface area contributed by atoms with Crippen molar-refractivity contribution < 1.29 is 47.6 Å². The third-order valence-corrected chi connectivity index (χ3v) is 7.54. The number of aromatic nitrogens is 8. The summed E-state index contributed by atoms with van der Waals surface area (Å²) in [6.45, 7) is -1.04. The van der Waals surface area contributed by atoms with E-state index < -0.39 is 69.5 Å². The van der Waals surface area contributed by atoms with Crippen LogP contribution in [-0.2, 0) is 18.6 Å². The summed E-state index contributed by atoms with van der Waals surface area (Å²) in [7, 11) is -2.91. The van der Waals surface area contributed by atoms with Crippen LogP contribution in [-0.4, -0.2) is 95.9 Å². The zero-order chi connectivity index (χ0) is 32.7. The van der Waals surface area contributed by atoms with E-state index in [4.69, 9.17) is 38.7 Å². The Morgan fingerprint density at radius 3 is 1.76 bits per heavy atom. The number of aliphatic hydroxyl groups excluding tert-OH is 3. The van der Waals surface area contributed by atoms with Crippen LogP contribution in [0.1, 0.15) is 32.7 Å². The topological polar surface area (TPSA) is 265 Å². The predicted molar refractivity (Wildman–Crippen MR) is 154 cm³/mol. The summed E-state index contributed by atoms with van der Waals surface area (Å²) in [5.74, 6) is 4.26. The van der Waals surface area contributed by atoms with Gasteiger partial charge in [0.15, 0.2) is 45.2 Å². The zero-order valence-electron chi connectivity index (χ0n) is 22.8. The first-order chi connectivity index (χ1) is 21.4. The summed E-state index contributed by atoms with van der Waals surface area (Å²) in [5, 5.41) is 29.6. The number of aliphatic hydroxyl groups is 3. The van der Waals surface area contributed by atoms with Gasteiger partial charge >= 0.3 is 20.4 Å². The van der Waals surface area contributed by atoms with Gasteiger partial charge in [-0.2, -0.15) is 28.7 Å². The molecule has 0 aliphatic carbocycles. The molecule has 46 heavy (non-hydrogen) atoms. The van der Waals surface area contributed by atoms with E-state index >= 15 is 0 Å². The molecule has 0 amide bonds. The maximum absolute atomic E-state index is 13.4. The fraction of sp³-hybridized carbons (Fsp3) is 0.440. The second-order valence-corrected chi connectivity index (χ2v) is 10.5. The molecular formula is C25H28F2N10O8P+. The van der Waals surface area contributed by atoms with Crippen molar-refractivity contribution in [2.75, 3.05) is 24.7 Å². The summed E-state index contributed by atoms with van der Waals surface area (Å²) in [6, 6.07) is 0. The monoisotopic (exact) mass is 665 g/mol. The Hall–Kier alpha value is -4.50. The van der Waals surface area contributed by atoms with Gasteiger partial charge in [0.1, 0.15) is 31.3 Å². The first-order valence-electron chi connectivity index (χ1n) is 12.7. The minimum atomic E-state index is -2.91. The van der Waals surface area contributed by atoms with Gasteiger partial charge in [-0.3, -0.25) is 9.13 Å². The van der Waals surface area contributed by atoms with Gasteiger partial charge < -0.3 is 36.3 Å². The lowest BCUT2D eigenvalue weighted by Crippen LogP contribution is -2.42. The largest absolute Gasteiger partial charge is 0.694 e. The van der Waals surface area contributed by atoms with Crippen LogP contribution >= 0.6 is 8.25 Å². The SMILES string of the molecule is C.C#C[C@]1(CO)O[C@@H](n2cnc3c(N)nc(F)nc32)C[C@H]1O.C#C[C@]1(CO[P+](=O)O)O[C@@H](n2cnc3c(N)nc(F)nc32)C[C@H]1O. The summed E-state index contributed by atoms with van der Waals surface area (Å²) in [6.07, 6.45) is 7.57. The number of nitrogens with zero attached hydrogens (tertiary/aromatic N) is 8. The van der Waals surface area contributed by atoms with Crippen LogP contribution in [0.3, 0.4) is 0 Å². The fourth-order valence-corrected chi connectivity index (χ4v) is 5.16.